The van der Waals surface area contributed by atoms with Crippen molar-refractivity contribution < 1.29 is 9.50 Å². The molecule has 0 heterocycles. The molecule has 0 amide bonds. The Bertz CT molecular complexity index is 390. The van der Waals surface area contributed by atoms with Gasteiger partial charge in [0.1, 0.15) is 5.82 Å². The van der Waals surface area contributed by atoms with E-state index in [0.717, 1.165) is 24.8 Å². The maximum Gasteiger partial charge on any atom is 0.123 e. The Kier molecular flexibility index (Phi) is 3.53. The van der Waals surface area contributed by atoms with Crippen LogP contribution in [-0.4, -0.2) is 10.7 Å². The zero-order valence-corrected chi connectivity index (χ0v) is 10.6. The van der Waals surface area contributed by atoms with Gasteiger partial charge in [0.05, 0.1) is 5.60 Å². The molecule has 3 unspecified atom stereocenters. The van der Waals surface area contributed by atoms with E-state index in [1.54, 1.807) is 6.07 Å². The lowest BCUT2D eigenvalue weighted by molar-refractivity contribution is -0.0522. The number of aliphatic hydroxyl groups is 1. The van der Waals surface area contributed by atoms with Gasteiger partial charge in [-0.25, -0.2) is 4.39 Å². The Balaban J connectivity index is 2.11. The Morgan fingerprint density at radius 2 is 2.18 bits per heavy atom. The average molecular weight is 236 g/mol. The minimum absolute atomic E-state index is 0.220. The summed E-state index contributed by atoms with van der Waals surface area (Å²) in [6, 6.07) is 6.58. The third-order valence-electron chi connectivity index (χ3n) is 4.14. The Morgan fingerprint density at radius 1 is 1.41 bits per heavy atom. The van der Waals surface area contributed by atoms with E-state index in [4.69, 9.17) is 0 Å². The van der Waals surface area contributed by atoms with Crippen LogP contribution in [0.5, 0.6) is 0 Å². The maximum absolute atomic E-state index is 13.1. The molecule has 1 aliphatic carbocycles. The van der Waals surface area contributed by atoms with Gasteiger partial charge in [-0.05, 0) is 48.8 Å². The Hall–Kier alpha value is -0.890. The molecule has 0 aromatic heterocycles. The molecule has 0 spiro atoms. The first-order valence-electron chi connectivity index (χ1n) is 6.46. The van der Waals surface area contributed by atoms with E-state index in [-0.39, 0.29) is 11.7 Å². The smallest absolute Gasteiger partial charge is 0.123 e. The van der Waals surface area contributed by atoms with Crippen LogP contribution < -0.4 is 0 Å². The van der Waals surface area contributed by atoms with Crippen LogP contribution in [0, 0.1) is 17.7 Å². The zero-order valence-electron chi connectivity index (χ0n) is 10.6. The number of benzene rings is 1. The average Bonchev–Trinajstić information content (AvgIpc) is 2.25. The first kappa shape index (κ1) is 12.6. The lowest BCUT2D eigenvalue weighted by Gasteiger charge is -2.41. The van der Waals surface area contributed by atoms with Crippen molar-refractivity contribution in [3.63, 3.8) is 0 Å². The lowest BCUT2D eigenvalue weighted by atomic mass is 9.70. The van der Waals surface area contributed by atoms with E-state index in [9.17, 15) is 9.50 Å². The highest BCUT2D eigenvalue weighted by Gasteiger charge is 2.38. The van der Waals surface area contributed by atoms with E-state index in [0.29, 0.717) is 12.3 Å². The van der Waals surface area contributed by atoms with Gasteiger partial charge < -0.3 is 5.11 Å². The van der Waals surface area contributed by atoms with E-state index in [2.05, 4.69) is 13.8 Å². The fourth-order valence-electron chi connectivity index (χ4n) is 2.95. The van der Waals surface area contributed by atoms with Crippen molar-refractivity contribution in [1.29, 1.82) is 0 Å². The molecule has 0 bridgehead atoms. The van der Waals surface area contributed by atoms with E-state index in [1.807, 2.05) is 6.07 Å². The number of halogens is 1. The van der Waals surface area contributed by atoms with Gasteiger partial charge in [-0.2, -0.15) is 0 Å². The lowest BCUT2D eigenvalue weighted by Crippen LogP contribution is -2.43. The van der Waals surface area contributed by atoms with Gasteiger partial charge in [0, 0.05) is 6.42 Å². The van der Waals surface area contributed by atoms with Gasteiger partial charge in [-0.3, -0.25) is 0 Å². The zero-order chi connectivity index (χ0) is 12.5. The minimum atomic E-state index is -0.652. The topological polar surface area (TPSA) is 20.2 Å². The van der Waals surface area contributed by atoms with Crippen LogP contribution in [0.2, 0.25) is 0 Å². The van der Waals surface area contributed by atoms with Crippen LogP contribution in [-0.2, 0) is 6.42 Å². The van der Waals surface area contributed by atoms with Crippen molar-refractivity contribution in [2.24, 2.45) is 11.8 Å². The van der Waals surface area contributed by atoms with E-state index < -0.39 is 5.60 Å². The fourth-order valence-corrected chi connectivity index (χ4v) is 2.95. The molecule has 17 heavy (non-hydrogen) atoms. The molecule has 2 heteroatoms. The van der Waals surface area contributed by atoms with Crippen molar-refractivity contribution in [2.45, 2.75) is 45.1 Å². The molecule has 1 nitrogen and oxygen atoms in total. The highest BCUT2D eigenvalue weighted by Crippen LogP contribution is 2.38. The monoisotopic (exact) mass is 236 g/mol. The first-order valence-corrected chi connectivity index (χ1v) is 6.46. The van der Waals surface area contributed by atoms with Gasteiger partial charge in [0.15, 0.2) is 0 Å². The molecule has 2 rings (SSSR count). The van der Waals surface area contributed by atoms with Gasteiger partial charge in [-0.15, -0.1) is 0 Å². The van der Waals surface area contributed by atoms with Crippen molar-refractivity contribution in [3.05, 3.63) is 35.6 Å². The molecule has 1 fully saturated rings. The minimum Gasteiger partial charge on any atom is -0.389 e. The quantitative estimate of drug-likeness (QED) is 0.832. The van der Waals surface area contributed by atoms with Gasteiger partial charge in [-0.1, -0.05) is 26.0 Å². The number of rotatable bonds is 2. The molecule has 0 radical (unpaired) electrons. The molecule has 94 valence electrons. The van der Waals surface area contributed by atoms with Gasteiger partial charge in [0.25, 0.3) is 0 Å². The molecule has 3 atom stereocenters. The molecule has 1 aromatic carbocycles. The molecular weight excluding hydrogens is 215 g/mol. The second-order valence-corrected chi connectivity index (χ2v) is 5.69. The summed E-state index contributed by atoms with van der Waals surface area (Å²) in [5, 5.41) is 10.7. The number of hydrogen-bond donors (Lipinski definition) is 1. The second kappa shape index (κ2) is 4.77. The summed E-state index contributed by atoms with van der Waals surface area (Å²) in [6.07, 6.45) is 3.52. The maximum atomic E-state index is 13.1. The number of hydrogen-bond acceptors (Lipinski definition) is 1. The second-order valence-electron chi connectivity index (χ2n) is 5.69. The summed E-state index contributed by atoms with van der Waals surface area (Å²) in [7, 11) is 0. The highest BCUT2D eigenvalue weighted by molar-refractivity contribution is 5.19. The summed E-state index contributed by atoms with van der Waals surface area (Å²) in [5.74, 6) is 0.759. The predicted molar refractivity (Wildman–Crippen MR) is 67.2 cm³/mol. The Labute approximate surface area is 103 Å². The normalized spacial score (nSPS) is 33.6. The van der Waals surface area contributed by atoms with Crippen LogP contribution in [0.15, 0.2) is 24.3 Å². The van der Waals surface area contributed by atoms with Crippen molar-refractivity contribution in [1.82, 2.24) is 0 Å². The largest absolute Gasteiger partial charge is 0.389 e. The first-order chi connectivity index (χ1) is 7.99. The molecule has 0 aliphatic heterocycles. The summed E-state index contributed by atoms with van der Waals surface area (Å²) in [5.41, 5.74) is 0.245. The SMILES string of the molecule is CC1CCC(O)(Cc2cccc(F)c2)C(C)C1. The van der Waals surface area contributed by atoms with Gasteiger partial charge >= 0.3 is 0 Å². The predicted octanol–water partition coefficient (Wildman–Crippen LogP) is 3.56. The van der Waals surface area contributed by atoms with Gasteiger partial charge in [0.2, 0.25) is 0 Å². The molecule has 1 aromatic rings. The van der Waals surface area contributed by atoms with Crippen molar-refractivity contribution >= 4 is 0 Å². The molecular formula is C15H21FO. The Morgan fingerprint density at radius 3 is 2.82 bits per heavy atom. The van der Waals surface area contributed by atoms with Crippen molar-refractivity contribution in [3.8, 4) is 0 Å². The van der Waals surface area contributed by atoms with Crippen LogP contribution in [0.3, 0.4) is 0 Å². The van der Waals surface area contributed by atoms with Crippen molar-refractivity contribution in [2.75, 3.05) is 0 Å². The molecule has 1 N–H and O–H groups in total. The van der Waals surface area contributed by atoms with Crippen LogP contribution >= 0.6 is 0 Å². The molecule has 0 saturated heterocycles. The summed E-state index contributed by atoms with van der Waals surface area (Å²) < 4.78 is 13.1. The summed E-state index contributed by atoms with van der Waals surface area (Å²) >= 11 is 0. The summed E-state index contributed by atoms with van der Waals surface area (Å²) in [6.45, 7) is 4.34. The summed E-state index contributed by atoms with van der Waals surface area (Å²) in [4.78, 5) is 0. The van der Waals surface area contributed by atoms with E-state index >= 15 is 0 Å². The third-order valence-corrected chi connectivity index (χ3v) is 4.14. The molecule has 1 aliphatic rings. The van der Waals surface area contributed by atoms with E-state index in [1.165, 1.54) is 12.1 Å². The highest BCUT2D eigenvalue weighted by atomic mass is 19.1. The van der Waals surface area contributed by atoms with Crippen LogP contribution in [0.1, 0.15) is 38.7 Å². The van der Waals surface area contributed by atoms with Crippen LogP contribution in [0.4, 0.5) is 4.39 Å². The standard InChI is InChI=1S/C15H21FO/c1-11-6-7-15(17,12(2)8-11)10-13-4-3-5-14(16)9-13/h3-5,9,11-12,17H,6-8,10H2,1-2H3. The molecule has 1 saturated carbocycles. The fraction of sp³-hybridized carbons (Fsp3) is 0.600. The van der Waals surface area contributed by atoms with Crippen LogP contribution in [0.25, 0.3) is 0 Å². The third kappa shape index (κ3) is 2.86.